The summed E-state index contributed by atoms with van der Waals surface area (Å²) in [6.45, 7) is 3.79. The normalized spacial score (nSPS) is 12.8. The Bertz CT molecular complexity index is 1480. The summed E-state index contributed by atoms with van der Waals surface area (Å²) in [5.74, 6) is -0.660. The predicted molar refractivity (Wildman–Crippen MR) is 150 cm³/mol. The van der Waals surface area contributed by atoms with Crippen molar-refractivity contribution in [2.24, 2.45) is 4.99 Å². The van der Waals surface area contributed by atoms with Gasteiger partial charge in [0.15, 0.2) is 6.04 Å². The molecule has 4 aromatic rings. The molecule has 2 atom stereocenters. The highest BCUT2D eigenvalue weighted by Crippen LogP contribution is 2.26. The van der Waals surface area contributed by atoms with E-state index in [1.54, 1.807) is 30.3 Å². The number of ether oxygens (including phenoxy) is 1. The average molecular weight is 527 g/mol. The molecule has 0 heterocycles. The van der Waals surface area contributed by atoms with Crippen molar-refractivity contribution < 1.29 is 17.9 Å². The van der Waals surface area contributed by atoms with Crippen molar-refractivity contribution in [3.05, 3.63) is 137 Å². The van der Waals surface area contributed by atoms with Gasteiger partial charge in [0.2, 0.25) is 10.0 Å². The second-order valence-electron chi connectivity index (χ2n) is 9.00. The van der Waals surface area contributed by atoms with Crippen molar-refractivity contribution in [2.45, 2.75) is 30.8 Å². The number of hydrogen-bond donors (Lipinski definition) is 1. The summed E-state index contributed by atoms with van der Waals surface area (Å²) in [6, 6.07) is 30.6. The highest BCUT2D eigenvalue weighted by Gasteiger charge is 2.35. The van der Waals surface area contributed by atoms with E-state index < -0.39 is 28.1 Å². The van der Waals surface area contributed by atoms with Crippen molar-refractivity contribution in [3.8, 4) is 0 Å². The number of aliphatic imine (C=N–C) groups is 1. The number of methoxy groups -OCH3 is 1. The Morgan fingerprint density at radius 1 is 0.763 bits per heavy atom. The quantitative estimate of drug-likeness (QED) is 0.234. The van der Waals surface area contributed by atoms with Crippen LogP contribution in [0.25, 0.3) is 0 Å². The fraction of sp³-hybridized carbons (Fsp3) is 0.161. The molecule has 0 aliphatic rings. The Morgan fingerprint density at radius 3 is 1.87 bits per heavy atom. The Morgan fingerprint density at radius 2 is 1.34 bits per heavy atom. The van der Waals surface area contributed by atoms with Gasteiger partial charge >= 0.3 is 5.97 Å². The SMILES string of the molecule is COC(=O)[C@@H](N=C(c1ccccc1)c1ccccc1)[C@@H](NS(=O)(=O)c1ccc(C)cc1)c1cccc(C)c1. The van der Waals surface area contributed by atoms with Gasteiger partial charge in [-0.25, -0.2) is 17.9 Å². The van der Waals surface area contributed by atoms with Crippen molar-refractivity contribution in [1.82, 2.24) is 4.72 Å². The fourth-order valence-corrected chi connectivity index (χ4v) is 5.39. The van der Waals surface area contributed by atoms with E-state index in [0.29, 0.717) is 11.3 Å². The van der Waals surface area contributed by atoms with Crippen molar-refractivity contribution in [2.75, 3.05) is 7.11 Å². The van der Waals surface area contributed by atoms with Gasteiger partial charge in [-0.2, -0.15) is 0 Å². The maximum atomic E-state index is 13.5. The zero-order chi connectivity index (χ0) is 27.1. The number of esters is 1. The summed E-state index contributed by atoms with van der Waals surface area (Å²) < 4.78 is 35.0. The fourth-order valence-electron chi connectivity index (χ4n) is 4.16. The van der Waals surface area contributed by atoms with Crippen LogP contribution in [-0.2, 0) is 19.6 Å². The molecule has 38 heavy (non-hydrogen) atoms. The molecule has 0 bridgehead atoms. The lowest BCUT2D eigenvalue weighted by Crippen LogP contribution is -2.40. The molecule has 0 saturated heterocycles. The molecule has 0 amide bonds. The van der Waals surface area contributed by atoms with E-state index >= 15 is 0 Å². The smallest absolute Gasteiger partial charge is 0.332 e. The lowest BCUT2D eigenvalue weighted by molar-refractivity contribution is -0.142. The van der Waals surface area contributed by atoms with Crippen molar-refractivity contribution in [1.29, 1.82) is 0 Å². The standard InChI is InChI=1S/C31H30N2O4S/c1-22-17-19-27(20-18-22)38(35,36)33-29(26-16-10-11-23(2)21-26)30(31(34)37-3)32-28(24-12-6-4-7-13-24)25-14-8-5-9-15-25/h4-21,29-30,33H,1-3H3/t29-,30-/m0/s1. The predicted octanol–water partition coefficient (Wildman–Crippen LogP) is 5.40. The van der Waals surface area contributed by atoms with E-state index in [1.807, 2.05) is 92.7 Å². The van der Waals surface area contributed by atoms with E-state index in [4.69, 9.17) is 9.73 Å². The minimum Gasteiger partial charge on any atom is -0.467 e. The van der Waals surface area contributed by atoms with E-state index in [-0.39, 0.29) is 4.90 Å². The molecule has 4 rings (SSSR count). The molecule has 0 aromatic heterocycles. The number of benzene rings is 4. The monoisotopic (exact) mass is 526 g/mol. The van der Waals surface area contributed by atoms with E-state index in [0.717, 1.165) is 22.3 Å². The van der Waals surface area contributed by atoms with Gasteiger partial charge in [0.25, 0.3) is 0 Å². The molecule has 4 aromatic carbocycles. The van der Waals surface area contributed by atoms with Crippen molar-refractivity contribution >= 4 is 21.7 Å². The van der Waals surface area contributed by atoms with Crippen LogP contribution in [0.2, 0.25) is 0 Å². The first-order valence-corrected chi connectivity index (χ1v) is 13.7. The third kappa shape index (κ3) is 6.43. The molecule has 0 aliphatic heterocycles. The molecule has 0 fully saturated rings. The Kier molecular flexibility index (Phi) is 8.51. The van der Waals surface area contributed by atoms with Crippen LogP contribution in [0.1, 0.15) is 33.9 Å². The van der Waals surface area contributed by atoms with Gasteiger partial charge in [-0.1, -0.05) is 108 Å². The van der Waals surface area contributed by atoms with Crippen LogP contribution in [0.5, 0.6) is 0 Å². The number of nitrogens with zero attached hydrogens (tertiary/aromatic N) is 1. The summed E-state index contributed by atoms with van der Waals surface area (Å²) in [5.41, 5.74) is 4.58. The Labute approximate surface area is 224 Å². The zero-order valence-electron chi connectivity index (χ0n) is 21.5. The third-order valence-electron chi connectivity index (χ3n) is 6.14. The number of carbonyl (C=O) groups is 1. The molecule has 0 unspecified atom stereocenters. The van der Waals surface area contributed by atoms with Gasteiger partial charge in [-0.15, -0.1) is 0 Å². The molecule has 0 spiro atoms. The molecule has 1 N–H and O–H groups in total. The minimum absolute atomic E-state index is 0.0969. The lowest BCUT2D eigenvalue weighted by Gasteiger charge is -2.25. The summed E-state index contributed by atoms with van der Waals surface area (Å²) in [5, 5.41) is 0. The lowest BCUT2D eigenvalue weighted by atomic mass is 9.97. The topological polar surface area (TPSA) is 84.8 Å². The zero-order valence-corrected chi connectivity index (χ0v) is 22.4. The van der Waals surface area contributed by atoms with Crippen LogP contribution < -0.4 is 4.72 Å². The van der Waals surface area contributed by atoms with Gasteiger partial charge in [0.1, 0.15) is 0 Å². The molecular formula is C31H30N2O4S. The minimum atomic E-state index is -4.02. The van der Waals surface area contributed by atoms with Gasteiger partial charge in [-0.3, -0.25) is 4.99 Å². The van der Waals surface area contributed by atoms with Gasteiger partial charge < -0.3 is 4.74 Å². The molecule has 0 saturated carbocycles. The molecule has 7 heteroatoms. The van der Waals surface area contributed by atoms with Gasteiger partial charge in [0.05, 0.1) is 23.8 Å². The highest BCUT2D eigenvalue weighted by molar-refractivity contribution is 7.89. The summed E-state index contributed by atoms with van der Waals surface area (Å²) >= 11 is 0. The van der Waals surface area contributed by atoms with E-state index in [1.165, 1.54) is 7.11 Å². The van der Waals surface area contributed by atoms with Crippen LogP contribution in [0.4, 0.5) is 0 Å². The van der Waals surface area contributed by atoms with Crippen LogP contribution in [0, 0.1) is 13.8 Å². The number of aryl methyl sites for hydroxylation is 2. The van der Waals surface area contributed by atoms with E-state index in [2.05, 4.69) is 4.72 Å². The largest absolute Gasteiger partial charge is 0.467 e. The first-order chi connectivity index (χ1) is 18.3. The summed E-state index contributed by atoms with van der Waals surface area (Å²) in [4.78, 5) is 18.3. The van der Waals surface area contributed by atoms with Crippen LogP contribution >= 0.6 is 0 Å². The second kappa shape index (κ2) is 12.0. The Balaban J connectivity index is 1.90. The average Bonchev–Trinajstić information content (AvgIpc) is 2.93. The van der Waals surface area contributed by atoms with E-state index in [9.17, 15) is 13.2 Å². The molecule has 0 aliphatic carbocycles. The van der Waals surface area contributed by atoms with Crippen molar-refractivity contribution in [3.63, 3.8) is 0 Å². The highest BCUT2D eigenvalue weighted by atomic mass is 32.2. The van der Waals surface area contributed by atoms with Gasteiger partial charge in [-0.05, 0) is 31.5 Å². The maximum absolute atomic E-state index is 13.5. The molecule has 194 valence electrons. The number of sulfonamides is 1. The maximum Gasteiger partial charge on any atom is 0.332 e. The second-order valence-corrected chi connectivity index (χ2v) is 10.7. The molecular weight excluding hydrogens is 496 g/mol. The first-order valence-electron chi connectivity index (χ1n) is 12.2. The number of hydrogen-bond acceptors (Lipinski definition) is 5. The summed E-state index contributed by atoms with van der Waals surface area (Å²) in [6.07, 6.45) is 0. The van der Waals surface area contributed by atoms with Crippen LogP contribution in [0.3, 0.4) is 0 Å². The van der Waals surface area contributed by atoms with Crippen LogP contribution in [0.15, 0.2) is 119 Å². The molecule has 6 nitrogen and oxygen atoms in total. The van der Waals surface area contributed by atoms with Gasteiger partial charge in [0, 0.05) is 11.1 Å². The number of nitrogens with one attached hydrogen (secondary N) is 1. The third-order valence-corrected chi connectivity index (χ3v) is 7.59. The Hall–Kier alpha value is -4.07. The number of rotatable bonds is 9. The van der Waals surface area contributed by atoms with Crippen LogP contribution in [-0.4, -0.2) is 33.3 Å². The number of carbonyl (C=O) groups excluding carboxylic acids is 1. The first kappa shape index (κ1) is 27.0. The molecule has 0 radical (unpaired) electrons. The summed E-state index contributed by atoms with van der Waals surface area (Å²) in [7, 11) is -2.74.